The third kappa shape index (κ3) is 5.84. The SMILES string of the molecule is CCCCCCC(=O)N1CCN(c2cc(Oc3ccc(OC)cc3)ncn2)CC1C. The Morgan fingerprint density at radius 2 is 1.87 bits per heavy atom. The molecule has 7 nitrogen and oxygen atoms in total. The molecule has 0 N–H and O–H groups in total. The van der Waals surface area contributed by atoms with Gasteiger partial charge in [0.15, 0.2) is 0 Å². The normalized spacial score (nSPS) is 16.4. The van der Waals surface area contributed by atoms with Crippen molar-refractivity contribution in [2.45, 2.75) is 52.0 Å². The number of anilines is 1. The van der Waals surface area contributed by atoms with E-state index in [0.29, 0.717) is 24.6 Å². The van der Waals surface area contributed by atoms with Gasteiger partial charge in [-0.15, -0.1) is 0 Å². The van der Waals surface area contributed by atoms with Crippen LogP contribution >= 0.6 is 0 Å². The summed E-state index contributed by atoms with van der Waals surface area (Å²) in [4.78, 5) is 25.4. The first-order valence-corrected chi connectivity index (χ1v) is 10.8. The fourth-order valence-electron chi connectivity index (χ4n) is 3.71. The molecule has 1 aromatic heterocycles. The molecular weight excluding hydrogens is 380 g/mol. The number of hydrogen-bond acceptors (Lipinski definition) is 6. The van der Waals surface area contributed by atoms with Crippen LogP contribution in [-0.2, 0) is 4.79 Å². The molecule has 30 heavy (non-hydrogen) atoms. The maximum atomic E-state index is 12.6. The van der Waals surface area contributed by atoms with Crippen molar-refractivity contribution in [3.05, 3.63) is 36.7 Å². The fraction of sp³-hybridized carbons (Fsp3) is 0.522. The van der Waals surface area contributed by atoms with Gasteiger partial charge in [-0.05, 0) is 37.6 Å². The molecule has 1 aliphatic heterocycles. The molecule has 0 radical (unpaired) electrons. The number of aromatic nitrogens is 2. The van der Waals surface area contributed by atoms with E-state index in [1.807, 2.05) is 35.2 Å². The number of nitrogens with zero attached hydrogens (tertiary/aromatic N) is 4. The molecule has 162 valence electrons. The predicted octanol–water partition coefficient (Wildman–Crippen LogP) is 4.29. The number of carbonyl (C=O) groups is 1. The number of unbranched alkanes of at least 4 members (excludes halogenated alkanes) is 3. The molecule has 0 bridgehead atoms. The molecule has 2 aromatic rings. The van der Waals surface area contributed by atoms with E-state index in [2.05, 4.69) is 28.7 Å². The van der Waals surface area contributed by atoms with Gasteiger partial charge in [-0.25, -0.2) is 9.97 Å². The standard InChI is InChI=1S/C23H32N4O3/c1-4-5-6-7-8-23(28)27-14-13-26(16-18(27)2)21-15-22(25-17-24-21)30-20-11-9-19(29-3)10-12-20/h9-12,15,17-18H,4-8,13-14,16H2,1-3H3. The maximum Gasteiger partial charge on any atom is 0.224 e. The highest BCUT2D eigenvalue weighted by Gasteiger charge is 2.27. The van der Waals surface area contributed by atoms with Crippen molar-refractivity contribution < 1.29 is 14.3 Å². The molecule has 2 heterocycles. The van der Waals surface area contributed by atoms with Crippen LogP contribution in [0.5, 0.6) is 17.4 Å². The molecule has 1 aromatic carbocycles. The lowest BCUT2D eigenvalue weighted by molar-refractivity contribution is -0.133. The van der Waals surface area contributed by atoms with Crippen LogP contribution in [0.4, 0.5) is 5.82 Å². The van der Waals surface area contributed by atoms with Crippen LogP contribution in [0.25, 0.3) is 0 Å². The minimum atomic E-state index is 0.151. The molecule has 0 aliphatic carbocycles. The molecule has 0 spiro atoms. The van der Waals surface area contributed by atoms with Crippen LogP contribution in [0.3, 0.4) is 0 Å². The molecule has 1 saturated heterocycles. The monoisotopic (exact) mass is 412 g/mol. The van der Waals surface area contributed by atoms with Crippen LogP contribution in [-0.4, -0.2) is 53.6 Å². The minimum absolute atomic E-state index is 0.151. The topological polar surface area (TPSA) is 67.8 Å². The van der Waals surface area contributed by atoms with E-state index in [-0.39, 0.29) is 11.9 Å². The average Bonchev–Trinajstić information content (AvgIpc) is 2.77. The van der Waals surface area contributed by atoms with E-state index in [4.69, 9.17) is 9.47 Å². The predicted molar refractivity (Wildman–Crippen MR) is 117 cm³/mol. The Bertz CT molecular complexity index is 812. The molecule has 1 amide bonds. The Hall–Kier alpha value is -2.83. The second-order valence-corrected chi connectivity index (χ2v) is 7.68. The molecule has 3 rings (SSSR count). The zero-order valence-corrected chi connectivity index (χ0v) is 18.2. The lowest BCUT2D eigenvalue weighted by Crippen LogP contribution is -2.54. The van der Waals surface area contributed by atoms with Crippen LogP contribution in [0, 0.1) is 0 Å². The lowest BCUT2D eigenvalue weighted by atomic mass is 10.1. The molecule has 1 fully saturated rings. The fourth-order valence-corrected chi connectivity index (χ4v) is 3.71. The highest BCUT2D eigenvalue weighted by Crippen LogP contribution is 2.25. The Morgan fingerprint density at radius 3 is 2.57 bits per heavy atom. The van der Waals surface area contributed by atoms with Gasteiger partial charge in [0.25, 0.3) is 0 Å². The zero-order valence-electron chi connectivity index (χ0n) is 18.2. The van der Waals surface area contributed by atoms with Crippen LogP contribution < -0.4 is 14.4 Å². The first kappa shape index (κ1) is 21.9. The van der Waals surface area contributed by atoms with Gasteiger partial charge in [0.2, 0.25) is 11.8 Å². The number of methoxy groups -OCH3 is 1. The van der Waals surface area contributed by atoms with Gasteiger partial charge in [0, 0.05) is 38.2 Å². The molecule has 1 aliphatic rings. The van der Waals surface area contributed by atoms with E-state index < -0.39 is 0 Å². The number of benzene rings is 1. The van der Waals surface area contributed by atoms with Crippen LogP contribution in [0.2, 0.25) is 0 Å². The minimum Gasteiger partial charge on any atom is -0.497 e. The number of hydrogen-bond donors (Lipinski definition) is 0. The first-order chi connectivity index (χ1) is 14.6. The Morgan fingerprint density at radius 1 is 1.10 bits per heavy atom. The third-order valence-corrected chi connectivity index (χ3v) is 5.43. The van der Waals surface area contributed by atoms with Crippen molar-refractivity contribution in [2.24, 2.45) is 0 Å². The van der Waals surface area contributed by atoms with Crippen LogP contribution in [0.1, 0.15) is 46.0 Å². The summed E-state index contributed by atoms with van der Waals surface area (Å²) in [6.07, 6.45) is 6.67. The molecular formula is C23H32N4O3. The van der Waals surface area contributed by atoms with E-state index in [0.717, 1.165) is 37.5 Å². The highest BCUT2D eigenvalue weighted by molar-refractivity contribution is 5.76. The van der Waals surface area contributed by atoms with Crippen molar-refractivity contribution >= 4 is 11.7 Å². The summed E-state index contributed by atoms with van der Waals surface area (Å²) in [5.74, 6) is 3.04. The molecule has 0 saturated carbocycles. The lowest BCUT2D eigenvalue weighted by Gasteiger charge is -2.40. The van der Waals surface area contributed by atoms with Gasteiger partial charge >= 0.3 is 0 Å². The van der Waals surface area contributed by atoms with E-state index in [1.54, 1.807) is 7.11 Å². The third-order valence-electron chi connectivity index (χ3n) is 5.43. The van der Waals surface area contributed by atoms with Crippen molar-refractivity contribution in [2.75, 3.05) is 31.6 Å². The van der Waals surface area contributed by atoms with Gasteiger partial charge < -0.3 is 19.3 Å². The molecule has 1 atom stereocenters. The summed E-state index contributed by atoms with van der Waals surface area (Å²) in [5.41, 5.74) is 0. The number of ether oxygens (including phenoxy) is 2. The quantitative estimate of drug-likeness (QED) is 0.573. The highest BCUT2D eigenvalue weighted by atomic mass is 16.5. The van der Waals surface area contributed by atoms with Crippen molar-refractivity contribution in [3.63, 3.8) is 0 Å². The van der Waals surface area contributed by atoms with E-state index in [9.17, 15) is 4.79 Å². The van der Waals surface area contributed by atoms with Crippen molar-refractivity contribution in [1.82, 2.24) is 14.9 Å². The second-order valence-electron chi connectivity index (χ2n) is 7.68. The number of amides is 1. The van der Waals surface area contributed by atoms with Gasteiger partial charge in [0.1, 0.15) is 23.6 Å². The summed E-state index contributed by atoms with van der Waals surface area (Å²) in [5, 5.41) is 0. The Kier molecular flexibility index (Phi) is 7.88. The zero-order chi connectivity index (χ0) is 21.3. The smallest absolute Gasteiger partial charge is 0.224 e. The van der Waals surface area contributed by atoms with Gasteiger partial charge in [-0.1, -0.05) is 26.2 Å². The summed E-state index contributed by atoms with van der Waals surface area (Å²) < 4.78 is 11.0. The summed E-state index contributed by atoms with van der Waals surface area (Å²) in [7, 11) is 1.63. The van der Waals surface area contributed by atoms with Gasteiger partial charge in [0.05, 0.1) is 7.11 Å². The van der Waals surface area contributed by atoms with Gasteiger partial charge in [-0.2, -0.15) is 0 Å². The van der Waals surface area contributed by atoms with Crippen molar-refractivity contribution in [1.29, 1.82) is 0 Å². The number of rotatable bonds is 9. The maximum absolute atomic E-state index is 12.6. The van der Waals surface area contributed by atoms with E-state index in [1.165, 1.54) is 19.2 Å². The number of carbonyl (C=O) groups excluding carboxylic acids is 1. The summed E-state index contributed by atoms with van der Waals surface area (Å²) in [6, 6.07) is 9.37. The number of piperazine rings is 1. The molecule has 1 unspecified atom stereocenters. The first-order valence-electron chi connectivity index (χ1n) is 10.8. The Labute approximate surface area is 179 Å². The average molecular weight is 413 g/mol. The summed E-state index contributed by atoms with van der Waals surface area (Å²) >= 11 is 0. The summed E-state index contributed by atoms with van der Waals surface area (Å²) in [6.45, 7) is 6.51. The van der Waals surface area contributed by atoms with Crippen LogP contribution in [0.15, 0.2) is 36.7 Å². The second kappa shape index (κ2) is 10.8. The van der Waals surface area contributed by atoms with Gasteiger partial charge in [-0.3, -0.25) is 4.79 Å². The largest absolute Gasteiger partial charge is 0.497 e. The van der Waals surface area contributed by atoms with E-state index >= 15 is 0 Å². The molecule has 7 heteroatoms. The van der Waals surface area contributed by atoms with Crippen molar-refractivity contribution in [3.8, 4) is 17.4 Å². The Balaban J connectivity index is 1.56.